The molecule has 4 fully saturated rings. The molecule has 0 spiro atoms. The van der Waals surface area contributed by atoms with Crippen LogP contribution in [0.3, 0.4) is 0 Å². The minimum Gasteiger partial charge on any atom is -0.466 e. The van der Waals surface area contributed by atoms with Crippen LogP contribution in [0, 0.1) is 34.5 Å². The van der Waals surface area contributed by atoms with E-state index in [1.54, 1.807) is 0 Å². The number of esters is 2. The molecule has 2 aromatic rings. The summed E-state index contributed by atoms with van der Waals surface area (Å²) >= 11 is 0. The molecule has 2 aromatic carbocycles. The minimum atomic E-state index is -2.76. The van der Waals surface area contributed by atoms with Crippen molar-refractivity contribution >= 4 is 30.6 Å². The lowest BCUT2D eigenvalue weighted by Gasteiger charge is -2.58. The van der Waals surface area contributed by atoms with E-state index in [2.05, 4.69) is 102 Å². The Hall–Kier alpha value is -2.48. The highest BCUT2D eigenvalue weighted by Gasteiger charge is 2.74. The van der Waals surface area contributed by atoms with Gasteiger partial charge in [0.05, 0.1) is 18.3 Å². The van der Waals surface area contributed by atoms with Gasteiger partial charge in [-0.2, -0.15) is 0 Å². The highest BCUT2D eigenvalue weighted by atomic mass is 28.4. The van der Waals surface area contributed by atoms with Gasteiger partial charge in [-0.1, -0.05) is 95.3 Å². The first-order valence-electron chi connectivity index (χ1n) is 17.9. The van der Waals surface area contributed by atoms with Gasteiger partial charge < -0.3 is 18.6 Å². The Morgan fingerprint density at radius 3 is 2.00 bits per heavy atom. The van der Waals surface area contributed by atoms with Gasteiger partial charge in [0.25, 0.3) is 8.32 Å². The van der Waals surface area contributed by atoms with Crippen molar-refractivity contribution in [1.82, 2.24) is 0 Å². The molecule has 1 aliphatic heterocycles. The quantitative estimate of drug-likeness (QED) is 0.163. The number of hydrogen-bond acceptors (Lipinski definition) is 6. The summed E-state index contributed by atoms with van der Waals surface area (Å²) in [6.45, 7) is 18.3. The molecule has 0 N–H and O–H groups in total. The van der Waals surface area contributed by atoms with Gasteiger partial charge in [-0.05, 0) is 84.0 Å². The molecule has 9 atom stereocenters. The summed E-state index contributed by atoms with van der Waals surface area (Å²) in [7, 11) is -2.76. The summed E-state index contributed by atoms with van der Waals surface area (Å²) < 4.78 is 25.7. The Kier molecular flexibility index (Phi) is 9.10. The topological polar surface area (TPSA) is 74.4 Å². The number of epoxide rings is 1. The normalized spacial score (nSPS) is 36.6. The Morgan fingerprint density at radius 1 is 0.830 bits per heavy atom. The van der Waals surface area contributed by atoms with E-state index in [9.17, 15) is 9.59 Å². The van der Waals surface area contributed by atoms with Crippen LogP contribution < -0.4 is 10.4 Å². The minimum absolute atomic E-state index is 0.0661. The molecule has 1 saturated heterocycles. The van der Waals surface area contributed by atoms with Crippen LogP contribution in [0.25, 0.3) is 0 Å². The van der Waals surface area contributed by atoms with Crippen molar-refractivity contribution in [2.24, 2.45) is 34.5 Å². The standard InChI is InChI=1S/C40H56O6Si/c1-27(41)43-25-29-23-30(45-28(2)42)19-21-38(29,6)34-20-22-39(7)35(24-36-40(39,8)46-36)33(34)26-44-47(37(3,4)5,31-15-11-9-12-16-31)32-17-13-10-14-18-32/h9-18,29-30,33-36H,19-26H2,1-8H3/t29-,30+,33-,34+,35+,36-,38+,39+,40-/m1/s1. The molecule has 3 aliphatic carbocycles. The number of carbonyl (C=O) groups excluding carboxylic acids is 2. The zero-order valence-electron chi connectivity index (χ0n) is 29.8. The molecule has 0 aromatic heterocycles. The van der Waals surface area contributed by atoms with Crippen LogP contribution >= 0.6 is 0 Å². The average molecular weight is 661 g/mol. The highest BCUT2D eigenvalue weighted by Crippen LogP contribution is 2.71. The van der Waals surface area contributed by atoms with Crippen molar-refractivity contribution in [1.29, 1.82) is 0 Å². The molecule has 256 valence electrons. The second-order valence-electron chi connectivity index (χ2n) is 16.8. The third kappa shape index (κ3) is 5.82. The van der Waals surface area contributed by atoms with Crippen LogP contribution in [0.15, 0.2) is 60.7 Å². The second-order valence-corrected chi connectivity index (χ2v) is 21.1. The average Bonchev–Trinajstić information content (AvgIpc) is 3.64. The van der Waals surface area contributed by atoms with Crippen molar-refractivity contribution in [3.05, 3.63) is 60.7 Å². The number of carbonyl (C=O) groups is 2. The third-order valence-electron chi connectivity index (χ3n) is 13.4. The molecule has 3 saturated carbocycles. The van der Waals surface area contributed by atoms with E-state index in [1.165, 1.54) is 24.2 Å². The number of hydrogen-bond donors (Lipinski definition) is 0. The van der Waals surface area contributed by atoms with Gasteiger partial charge in [-0.15, -0.1) is 0 Å². The second kappa shape index (κ2) is 12.4. The van der Waals surface area contributed by atoms with Gasteiger partial charge in [-0.25, -0.2) is 0 Å². The Balaban J connectivity index is 1.41. The lowest BCUT2D eigenvalue weighted by Crippen LogP contribution is -2.67. The summed E-state index contributed by atoms with van der Waals surface area (Å²) in [6.07, 6.45) is 5.91. The van der Waals surface area contributed by atoms with Crippen molar-refractivity contribution in [2.75, 3.05) is 13.2 Å². The van der Waals surface area contributed by atoms with Gasteiger partial charge in [0.2, 0.25) is 0 Å². The van der Waals surface area contributed by atoms with Gasteiger partial charge in [-0.3, -0.25) is 9.59 Å². The monoisotopic (exact) mass is 660 g/mol. The smallest absolute Gasteiger partial charge is 0.302 e. The summed E-state index contributed by atoms with van der Waals surface area (Å²) in [6, 6.07) is 21.9. The fraction of sp³-hybridized carbons (Fsp3) is 0.650. The zero-order valence-corrected chi connectivity index (χ0v) is 30.8. The highest BCUT2D eigenvalue weighted by molar-refractivity contribution is 6.99. The molecule has 0 amide bonds. The Bertz CT molecular complexity index is 1400. The van der Waals surface area contributed by atoms with Gasteiger partial charge in [0.15, 0.2) is 0 Å². The lowest BCUT2D eigenvalue weighted by molar-refractivity contribution is -0.164. The predicted molar refractivity (Wildman–Crippen MR) is 187 cm³/mol. The first-order chi connectivity index (χ1) is 22.2. The molecule has 0 radical (unpaired) electrons. The predicted octanol–water partition coefficient (Wildman–Crippen LogP) is 7.07. The number of ether oxygens (including phenoxy) is 3. The van der Waals surface area contributed by atoms with E-state index in [-0.39, 0.29) is 45.4 Å². The molecule has 4 aliphatic rings. The van der Waals surface area contributed by atoms with E-state index in [1.807, 2.05) is 0 Å². The molecule has 47 heavy (non-hydrogen) atoms. The van der Waals surface area contributed by atoms with Crippen LogP contribution in [0.1, 0.15) is 93.9 Å². The summed E-state index contributed by atoms with van der Waals surface area (Å²) in [5.41, 5.74) is -0.0743. The number of fused-ring (bicyclic) bond motifs is 3. The maximum atomic E-state index is 12.1. The molecule has 6 nitrogen and oxygen atoms in total. The fourth-order valence-corrected chi connectivity index (χ4v) is 15.2. The van der Waals surface area contributed by atoms with E-state index in [0.29, 0.717) is 43.5 Å². The molecular weight excluding hydrogens is 605 g/mol. The zero-order chi connectivity index (χ0) is 33.8. The maximum absolute atomic E-state index is 12.1. The number of rotatable bonds is 9. The van der Waals surface area contributed by atoms with Gasteiger partial charge in [0, 0.05) is 31.8 Å². The third-order valence-corrected chi connectivity index (χ3v) is 18.4. The Morgan fingerprint density at radius 2 is 1.45 bits per heavy atom. The van der Waals surface area contributed by atoms with E-state index >= 15 is 0 Å². The molecular formula is C40H56O6Si. The lowest BCUT2D eigenvalue weighted by atomic mass is 9.48. The summed E-state index contributed by atoms with van der Waals surface area (Å²) in [5.74, 6) is 0.758. The van der Waals surface area contributed by atoms with Crippen LogP contribution in [0.2, 0.25) is 5.04 Å². The van der Waals surface area contributed by atoms with Crippen molar-refractivity contribution in [3.63, 3.8) is 0 Å². The molecule has 1 heterocycles. The van der Waals surface area contributed by atoms with E-state index < -0.39 is 8.32 Å². The van der Waals surface area contributed by atoms with Gasteiger partial charge in [0.1, 0.15) is 6.10 Å². The first kappa shape index (κ1) is 34.4. The van der Waals surface area contributed by atoms with Gasteiger partial charge >= 0.3 is 11.9 Å². The Labute approximate surface area is 283 Å². The van der Waals surface area contributed by atoms with Crippen LogP contribution in [0.4, 0.5) is 0 Å². The number of benzene rings is 2. The van der Waals surface area contributed by atoms with Crippen molar-refractivity contribution in [3.8, 4) is 0 Å². The van der Waals surface area contributed by atoms with Crippen molar-refractivity contribution < 1.29 is 28.2 Å². The summed E-state index contributed by atoms with van der Waals surface area (Å²) in [5, 5.41) is 2.50. The van der Waals surface area contributed by atoms with E-state index in [4.69, 9.17) is 18.6 Å². The largest absolute Gasteiger partial charge is 0.466 e. The van der Waals surface area contributed by atoms with E-state index in [0.717, 1.165) is 32.1 Å². The molecule has 7 heteroatoms. The fourth-order valence-electron chi connectivity index (χ4n) is 10.6. The van der Waals surface area contributed by atoms with Crippen LogP contribution in [-0.4, -0.2) is 51.3 Å². The SMILES string of the molecule is CC(=O)OC[C@H]1C[C@@H](OC(C)=O)CC[C@]1(C)[C@H]1CC[C@@]2(C)[C@@H](C[C@H]3O[C@]32C)[C@@H]1CO[Si](c1ccccc1)(c1ccccc1)C(C)(C)C. The summed E-state index contributed by atoms with van der Waals surface area (Å²) in [4.78, 5) is 24.1. The van der Waals surface area contributed by atoms with Crippen LogP contribution in [-0.2, 0) is 28.2 Å². The maximum Gasteiger partial charge on any atom is 0.302 e. The molecule has 6 rings (SSSR count). The first-order valence-corrected chi connectivity index (χ1v) is 19.8. The van der Waals surface area contributed by atoms with Crippen LogP contribution in [0.5, 0.6) is 0 Å². The van der Waals surface area contributed by atoms with Crippen molar-refractivity contribution in [2.45, 2.75) is 117 Å². The molecule has 0 bridgehead atoms. The molecule has 0 unspecified atom stereocenters.